The number of hydrogen-bond donors (Lipinski definition) is 1. The molecule has 1 unspecified atom stereocenters. The van der Waals surface area contributed by atoms with Crippen molar-refractivity contribution in [3.63, 3.8) is 0 Å². The van der Waals surface area contributed by atoms with Crippen molar-refractivity contribution in [2.75, 3.05) is 25.6 Å². The molecule has 0 aliphatic carbocycles. The second kappa shape index (κ2) is 13.9. The molecule has 0 amide bonds. The lowest BCUT2D eigenvalue weighted by Crippen LogP contribution is -2.28. The van der Waals surface area contributed by atoms with Gasteiger partial charge in [0.1, 0.15) is 18.1 Å². The van der Waals surface area contributed by atoms with Crippen molar-refractivity contribution in [3.05, 3.63) is 29.8 Å². The summed E-state index contributed by atoms with van der Waals surface area (Å²) in [7, 11) is -4.15. The maximum Gasteiger partial charge on any atom is 0.269 e. The highest BCUT2D eigenvalue weighted by molar-refractivity contribution is 7.85. The number of hydrogen-bond acceptors (Lipinski definition) is 5. The maximum absolute atomic E-state index is 10.9. The zero-order valence-corrected chi connectivity index (χ0v) is 17.4. The summed E-state index contributed by atoms with van der Waals surface area (Å²) >= 11 is 0. The molecule has 0 radical (unpaired) electrons. The third-order valence-corrected chi connectivity index (χ3v) is 4.79. The number of unbranched alkanes of at least 4 members (excludes halogenated alkanes) is 5. The summed E-state index contributed by atoms with van der Waals surface area (Å²) < 4.78 is 46.7. The van der Waals surface area contributed by atoms with Crippen LogP contribution in [0.3, 0.4) is 0 Å². The second-order valence-electron chi connectivity index (χ2n) is 6.51. The highest BCUT2D eigenvalue weighted by Gasteiger charge is 2.17. The quantitative estimate of drug-likeness (QED) is 0.253. The number of rotatable bonds is 16. The third kappa shape index (κ3) is 12.8. The molecule has 7 heteroatoms. The Morgan fingerprint density at radius 3 is 2.22 bits per heavy atom. The molecule has 0 heterocycles. The van der Waals surface area contributed by atoms with Crippen LogP contribution >= 0.6 is 0 Å². The van der Waals surface area contributed by atoms with Crippen LogP contribution in [0.25, 0.3) is 0 Å². The lowest BCUT2D eigenvalue weighted by molar-refractivity contribution is -0.129. The first-order valence-electron chi connectivity index (χ1n) is 9.84. The van der Waals surface area contributed by atoms with E-state index in [2.05, 4.69) is 19.1 Å². The van der Waals surface area contributed by atoms with Gasteiger partial charge in [-0.3, -0.25) is 4.55 Å². The molecule has 0 bridgehead atoms. The van der Waals surface area contributed by atoms with Crippen LogP contribution in [-0.2, 0) is 26.0 Å². The van der Waals surface area contributed by atoms with Crippen LogP contribution < -0.4 is 4.74 Å². The smallest absolute Gasteiger partial charge is 0.269 e. The van der Waals surface area contributed by atoms with Crippen LogP contribution in [0.4, 0.5) is 0 Å². The van der Waals surface area contributed by atoms with Crippen LogP contribution in [0.5, 0.6) is 5.75 Å². The first-order valence-corrected chi connectivity index (χ1v) is 11.5. The molecular formula is C20H34O6S. The van der Waals surface area contributed by atoms with Crippen molar-refractivity contribution in [1.29, 1.82) is 0 Å². The van der Waals surface area contributed by atoms with E-state index in [1.807, 2.05) is 12.1 Å². The Labute approximate surface area is 164 Å². The van der Waals surface area contributed by atoms with E-state index in [1.165, 1.54) is 44.1 Å². The van der Waals surface area contributed by atoms with Gasteiger partial charge in [0.05, 0.1) is 6.61 Å². The van der Waals surface area contributed by atoms with E-state index in [0.29, 0.717) is 6.61 Å². The van der Waals surface area contributed by atoms with E-state index in [1.54, 1.807) is 6.92 Å². The number of benzene rings is 1. The fourth-order valence-corrected chi connectivity index (χ4v) is 3.24. The molecule has 156 valence electrons. The third-order valence-electron chi connectivity index (χ3n) is 4.10. The predicted octanol–water partition coefficient (Wildman–Crippen LogP) is 4.24. The van der Waals surface area contributed by atoms with E-state index in [-0.39, 0.29) is 13.2 Å². The van der Waals surface area contributed by atoms with E-state index in [0.717, 1.165) is 12.2 Å². The summed E-state index contributed by atoms with van der Waals surface area (Å²) in [6, 6.07) is 8.02. The minimum atomic E-state index is -4.15. The molecule has 0 saturated carbocycles. The standard InChI is InChI=1S/C20H34O6S/c1-3-5-6-7-8-9-10-18-11-13-19(14-12-18)25-15-16-26-20(24-4-2)17-27(21,22)23/h11-14,20H,3-10,15-17H2,1-2H3,(H,21,22,23). The first kappa shape index (κ1) is 23.9. The molecule has 6 nitrogen and oxygen atoms in total. The van der Waals surface area contributed by atoms with Gasteiger partial charge in [-0.2, -0.15) is 8.42 Å². The zero-order valence-electron chi connectivity index (χ0n) is 16.6. The minimum Gasteiger partial charge on any atom is -0.491 e. The summed E-state index contributed by atoms with van der Waals surface area (Å²) in [6.45, 7) is 4.68. The lowest BCUT2D eigenvalue weighted by atomic mass is 10.0. The molecule has 1 aromatic carbocycles. The van der Waals surface area contributed by atoms with Gasteiger partial charge < -0.3 is 14.2 Å². The highest BCUT2D eigenvalue weighted by atomic mass is 32.2. The van der Waals surface area contributed by atoms with E-state index in [4.69, 9.17) is 18.8 Å². The number of aryl methyl sites for hydroxylation is 1. The predicted molar refractivity (Wildman–Crippen MR) is 107 cm³/mol. The SMILES string of the molecule is CCCCCCCCc1ccc(OCCOC(CS(=O)(=O)O)OCC)cc1. The molecule has 0 fully saturated rings. The van der Waals surface area contributed by atoms with Crippen molar-refractivity contribution in [2.45, 2.75) is 65.1 Å². The molecule has 1 N–H and O–H groups in total. The van der Waals surface area contributed by atoms with Gasteiger partial charge >= 0.3 is 0 Å². The normalized spacial score (nSPS) is 12.9. The van der Waals surface area contributed by atoms with E-state index in [9.17, 15) is 8.42 Å². The van der Waals surface area contributed by atoms with Gasteiger partial charge in [0.15, 0.2) is 6.29 Å². The van der Waals surface area contributed by atoms with Gasteiger partial charge in [-0.05, 0) is 37.5 Å². The minimum absolute atomic E-state index is 0.166. The number of ether oxygens (including phenoxy) is 3. The summed E-state index contributed by atoms with van der Waals surface area (Å²) in [5, 5.41) is 0. The highest BCUT2D eigenvalue weighted by Crippen LogP contribution is 2.15. The molecule has 1 atom stereocenters. The van der Waals surface area contributed by atoms with E-state index >= 15 is 0 Å². The van der Waals surface area contributed by atoms with Crippen molar-refractivity contribution < 1.29 is 27.2 Å². The first-order chi connectivity index (χ1) is 12.9. The monoisotopic (exact) mass is 402 g/mol. The van der Waals surface area contributed by atoms with Gasteiger partial charge in [-0.25, -0.2) is 0 Å². The summed E-state index contributed by atoms with van der Waals surface area (Å²) in [4.78, 5) is 0. The summed E-state index contributed by atoms with van der Waals surface area (Å²) in [5.41, 5.74) is 1.30. The molecule has 0 spiro atoms. The van der Waals surface area contributed by atoms with Gasteiger partial charge in [0.2, 0.25) is 0 Å². The molecule has 1 rings (SSSR count). The molecule has 0 aliphatic rings. The molecule has 27 heavy (non-hydrogen) atoms. The fourth-order valence-electron chi connectivity index (χ4n) is 2.70. The van der Waals surface area contributed by atoms with Gasteiger partial charge in [-0.15, -0.1) is 0 Å². The zero-order chi connectivity index (χ0) is 20.0. The largest absolute Gasteiger partial charge is 0.491 e. The molecule has 1 aromatic rings. The average Bonchev–Trinajstić information content (AvgIpc) is 2.61. The topological polar surface area (TPSA) is 82.1 Å². The maximum atomic E-state index is 10.9. The van der Waals surface area contributed by atoms with Crippen LogP contribution in [0.15, 0.2) is 24.3 Å². The van der Waals surface area contributed by atoms with Gasteiger partial charge in [0, 0.05) is 6.61 Å². The van der Waals surface area contributed by atoms with Crippen molar-refractivity contribution in [3.8, 4) is 5.75 Å². The summed E-state index contributed by atoms with van der Waals surface area (Å²) in [6.07, 6.45) is 7.84. The molecule has 0 aliphatic heterocycles. The Bertz CT molecular complexity index is 585. The molecule has 0 saturated heterocycles. The fraction of sp³-hybridized carbons (Fsp3) is 0.700. The van der Waals surface area contributed by atoms with Crippen LogP contribution in [0, 0.1) is 0 Å². The second-order valence-corrected chi connectivity index (χ2v) is 8.01. The Morgan fingerprint density at radius 2 is 1.59 bits per heavy atom. The Kier molecular flexibility index (Phi) is 12.3. The van der Waals surface area contributed by atoms with E-state index < -0.39 is 22.2 Å². The average molecular weight is 403 g/mol. The van der Waals surface area contributed by atoms with Crippen LogP contribution in [0.2, 0.25) is 0 Å². The lowest BCUT2D eigenvalue weighted by Gasteiger charge is -2.16. The van der Waals surface area contributed by atoms with Crippen molar-refractivity contribution in [1.82, 2.24) is 0 Å². The van der Waals surface area contributed by atoms with Crippen molar-refractivity contribution >= 4 is 10.1 Å². The molecule has 0 aromatic heterocycles. The Morgan fingerprint density at radius 1 is 0.926 bits per heavy atom. The Hall–Kier alpha value is -1.15. The van der Waals surface area contributed by atoms with Gasteiger partial charge in [-0.1, -0.05) is 51.2 Å². The van der Waals surface area contributed by atoms with Crippen LogP contribution in [-0.4, -0.2) is 44.8 Å². The van der Waals surface area contributed by atoms with Crippen molar-refractivity contribution in [2.24, 2.45) is 0 Å². The van der Waals surface area contributed by atoms with Gasteiger partial charge in [0.25, 0.3) is 10.1 Å². The molecular weight excluding hydrogens is 368 g/mol. The van der Waals surface area contributed by atoms with Crippen LogP contribution in [0.1, 0.15) is 57.9 Å². The Balaban J connectivity index is 2.23. The summed E-state index contributed by atoms with van der Waals surface area (Å²) in [5.74, 6) is 0.154.